The summed E-state index contributed by atoms with van der Waals surface area (Å²) < 4.78 is 17.2. The summed E-state index contributed by atoms with van der Waals surface area (Å²) in [5.74, 6) is 0.462. The van der Waals surface area contributed by atoms with Crippen LogP contribution < -0.4 is 4.74 Å². The lowest BCUT2D eigenvalue weighted by molar-refractivity contribution is -0.156. The summed E-state index contributed by atoms with van der Waals surface area (Å²) >= 11 is 0. The highest BCUT2D eigenvalue weighted by Crippen LogP contribution is 2.22. The Kier molecular flexibility index (Phi) is 11.1. The first kappa shape index (κ1) is 28.8. The Morgan fingerprint density at radius 3 is 2.10 bits per heavy atom. The van der Waals surface area contributed by atoms with Crippen LogP contribution in [0, 0.1) is 0 Å². The van der Waals surface area contributed by atoms with E-state index in [0.717, 1.165) is 29.7 Å². The molecular weight excluding hydrogens is 496 g/mol. The van der Waals surface area contributed by atoms with Crippen molar-refractivity contribution in [3.8, 4) is 16.9 Å². The van der Waals surface area contributed by atoms with Crippen LogP contribution in [-0.2, 0) is 27.1 Å². The van der Waals surface area contributed by atoms with E-state index in [0.29, 0.717) is 26.2 Å². The zero-order chi connectivity index (χ0) is 28.0. The van der Waals surface area contributed by atoms with Crippen molar-refractivity contribution in [1.82, 2.24) is 0 Å². The number of ether oxygens (including phenoxy) is 3. The number of rotatable bonds is 14. The Hall–Kier alpha value is -4.15. The number of hydrogen-bond acceptors (Lipinski definition) is 4. The van der Waals surface area contributed by atoms with Gasteiger partial charge in [-0.2, -0.15) is 0 Å². The van der Waals surface area contributed by atoms with Crippen LogP contribution in [0.2, 0.25) is 0 Å². The minimum Gasteiger partial charge on any atom is -0.490 e. The molecule has 206 valence electrons. The standard InChI is InChI=1S/C36H38O4/c1-3-38-36(37)35(40-25-10-13-29-11-6-4-7-12-29)27-30-16-22-34(23-17-30)39-26-24-28(2)31-18-20-33(21-19-31)32-14-8-5-9-15-32/h4-9,11-12,14-24,35H,3,10,13,25-27H2,1-2H3/t35-/m0/s1. The second-order valence-electron chi connectivity index (χ2n) is 9.69. The molecular formula is C36H38O4. The molecule has 0 amide bonds. The summed E-state index contributed by atoms with van der Waals surface area (Å²) in [7, 11) is 0. The van der Waals surface area contributed by atoms with E-state index >= 15 is 0 Å². The van der Waals surface area contributed by atoms with Gasteiger partial charge in [-0.1, -0.05) is 97.1 Å². The zero-order valence-corrected chi connectivity index (χ0v) is 23.4. The molecule has 4 heteroatoms. The van der Waals surface area contributed by atoms with Crippen molar-refractivity contribution in [1.29, 1.82) is 0 Å². The van der Waals surface area contributed by atoms with Gasteiger partial charge in [-0.25, -0.2) is 4.79 Å². The van der Waals surface area contributed by atoms with Gasteiger partial charge in [-0.15, -0.1) is 0 Å². The minimum absolute atomic E-state index is 0.319. The van der Waals surface area contributed by atoms with Gasteiger partial charge in [0.25, 0.3) is 0 Å². The fourth-order valence-corrected chi connectivity index (χ4v) is 4.46. The van der Waals surface area contributed by atoms with Crippen molar-refractivity contribution in [3.05, 3.63) is 132 Å². The maximum absolute atomic E-state index is 12.5. The number of carbonyl (C=O) groups is 1. The topological polar surface area (TPSA) is 44.8 Å². The van der Waals surface area contributed by atoms with E-state index < -0.39 is 6.10 Å². The number of carbonyl (C=O) groups excluding carboxylic acids is 1. The van der Waals surface area contributed by atoms with Gasteiger partial charge in [-0.3, -0.25) is 0 Å². The quantitative estimate of drug-likeness (QED) is 0.122. The van der Waals surface area contributed by atoms with Gasteiger partial charge >= 0.3 is 5.97 Å². The van der Waals surface area contributed by atoms with E-state index in [2.05, 4.69) is 73.7 Å². The third-order valence-corrected chi connectivity index (χ3v) is 6.75. The van der Waals surface area contributed by atoms with Crippen LogP contribution in [0.1, 0.15) is 37.0 Å². The molecule has 4 nitrogen and oxygen atoms in total. The summed E-state index contributed by atoms with van der Waals surface area (Å²) in [5, 5.41) is 0. The van der Waals surface area contributed by atoms with Crippen LogP contribution in [0.3, 0.4) is 0 Å². The first-order valence-electron chi connectivity index (χ1n) is 14.0. The summed E-state index contributed by atoms with van der Waals surface area (Å²) in [6, 6.07) is 37.1. The lowest BCUT2D eigenvalue weighted by Crippen LogP contribution is -2.29. The Labute approximate surface area is 238 Å². The van der Waals surface area contributed by atoms with Gasteiger partial charge in [0, 0.05) is 13.0 Å². The Bertz CT molecular complexity index is 1330. The van der Waals surface area contributed by atoms with Gasteiger partial charge < -0.3 is 14.2 Å². The molecule has 0 bridgehead atoms. The van der Waals surface area contributed by atoms with Gasteiger partial charge in [0.15, 0.2) is 6.10 Å². The number of allylic oxidation sites excluding steroid dienone is 1. The van der Waals surface area contributed by atoms with E-state index in [9.17, 15) is 4.79 Å². The largest absolute Gasteiger partial charge is 0.490 e. The summed E-state index contributed by atoms with van der Waals surface area (Å²) in [4.78, 5) is 12.5. The van der Waals surface area contributed by atoms with E-state index in [1.807, 2.05) is 55.5 Å². The first-order chi connectivity index (χ1) is 19.6. The van der Waals surface area contributed by atoms with Crippen molar-refractivity contribution in [2.45, 2.75) is 39.2 Å². The molecule has 0 saturated carbocycles. The monoisotopic (exact) mass is 534 g/mol. The molecule has 0 radical (unpaired) electrons. The van der Waals surface area contributed by atoms with Gasteiger partial charge in [0.05, 0.1) is 6.61 Å². The predicted molar refractivity (Wildman–Crippen MR) is 162 cm³/mol. The molecule has 0 heterocycles. The number of hydrogen-bond donors (Lipinski definition) is 0. The van der Waals surface area contributed by atoms with E-state index in [-0.39, 0.29) is 5.97 Å². The van der Waals surface area contributed by atoms with Crippen molar-refractivity contribution in [3.63, 3.8) is 0 Å². The van der Waals surface area contributed by atoms with Crippen LogP contribution >= 0.6 is 0 Å². The van der Waals surface area contributed by atoms with Crippen LogP contribution in [0.15, 0.2) is 115 Å². The molecule has 0 N–H and O–H groups in total. The van der Waals surface area contributed by atoms with Gasteiger partial charge in [0.2, 0.25) is 0 Å². The Balaban J connectivity index is 1.26. The van der Waals surface area contributed by atoms with Crippen LogP contribution in [0.25, 0.3) is 16.7 Å². The Morgan fingerprint density at radius 1 is 0.775 bits per heavy atom. The van der Waals surface area contributed by atoms with Crippen LogP contribution in [-0.4, -0.2) is 31.9 Å². The molecule has 0 saturated heterocycles. The number of esters is 1. The minimum atomic E-state index is -0.624. The maximum atomic E-state index is 12.5. The van der Waals surface area contributed by atoms with Gasteiger partial charge in [0.1, 0.15) is 12.4 Å². The summed E-state index contributed by atoms with van der Waals surface area (Å²) in [6.45, 7) is 5.22. The molecule has 4 aromatic carbocycles. The van der Waals surface area contributed by atoms with E-state index in [1.54, 1.807) is 0 Å². The third kappa shape index (κ3) is 8.96. The molecule has 0 spiro atoms. The molecule has 4 rings (SSSR count). The SMILES string of the molecule is CCOC(=O)[C@H](Cc1ccc(OCC=C(C)c2ccc(-c3ccccc3)cc2)cc1)OCCCc1ccccc1. The number of benzene rings is 4. The molecule has 0 fully saturated rings. The highest BCUT2D eigenvalue weighted by atomic mass is 16.6. The van der Waals surface area contributed by atoms with Crippen molar-refractivity contribution in [2.75, 3.05) is 19.8 Å². The molecule has 4 aromatic rings. The van der Waals surface area contributed by atoms with Crippen LogP contribution in [0.4, 0.5) is 0 Å². The van der Waals surface area contributed by atoms with E-state index in [4.69, 9.17) is 14.2 Å². The molecule has 0 aromatic heterocycles. The Morgan fingerprint density at radius 2 is 1.43 bits per heavy atom. The molecule has 0 aliphatic heterocycles. The smallest absolute Gasteiger partial charge is 0.335 e. The van der Waals surface area contributed by atoms with Crippen LogP contribution in [0.5, 0.6) is 5.75 Å². The predicted octanol–water partition coefficient (Wildman–Crippen LogP) is 7.96. The van der Waals surface area contributed by atoms with Crippen molar-refractivity contribution in [2.24, 2.45) is 0 Å². The zero-order valence-electron chi connectivity index (χ0n) is 23.4. The normalized spacial score (nSPS) is 12.1. The number of aryl methyl sites for hydroxylation is 1. The summed E-state index contributed by atoms with van der Waals surface area (Å²) in [5.41, 5.74) is 7.02. The highest BCUT2D eigenvalue weighted by molar-refractivity contribution is 5.75. The van der Waals surface area contributed by atoms with Crippen molar-refractivity contribution < 1.29 is 19.0 Å². The lowest BCUT2D eigenvalue weighted by Gasteiger charge is -2.17. The lowest BCUT2D eigenvalue weighted by atomic mass is 10.0. The average molecular weight is 535 g/mol. The molecule has 40 heavy (non-hydrogen) atoms. The summed E-state index contributed by atoms with van der Waals surface area (Å²) in [6.07, 6.45) is 3.68. The average Bonchev–Trinajstić information content (AvgIpc) is 3.00. The fourth-order valence-electron chi connectivity index (χ4n) is 4.46. The van der Waals surface area contributed by atoms with E-state index in [1.165, 1.54) is 22.3 Å². The first-order valence-corrected chi connectivity index (χ1v) is 14.0. The highest BCUT2D eigenvalue weighted by Gasteiger charge is 2.21. The molecule has 0 aliphatic rings. The molecule has 0 aliphatic carbocycles. The molecule has 1 atom stereocenters. The fraction of sp³-hybridized carbons (Fsp3) is 0.250. The second-order valence-corrected chi connectivity index (χ2v) is 9.69. The van der Waals surface area contributed by atoms with Gasteiger partial charge in [-0.05, 0) is 78.3 Å². The second kappa shape index (κ2) is 15.4. The third-order valence-electron chi connectivity index (χ3n) is 6.75. The molecule has 0 unspecified atom stereocenters. The van der Waals surface area contributed by atoms with Crippen molar-refractivity contribution >= 4 is 11.5 Å². The maximum Gasteiger partial charge on any atom is 0.335 e.